The van der Waals surface area contributed by atoms with E-state index >= 15 is 0 Å². The predicted octanol–water partition coefficient (Wildman–Crippen LogP) is 2.63. The van der Waals surface area contributed by atoms with Gasteiger partial charge in [-0.3, -0.25) is 9.40 Å². The molecule has 0 aliphatic heterocycles. The average molecular weight is 318 g/mol. The number of anilines is 1. The third kappa shape index (κ3) is 2.64. The summed E-state index contributed by atoms with van der Waals surface area (Å²) in [6.07, 6.45) is 0. The topological polar surface area (TPSA) is 64.0 Å². The number of nitrogens with one attached hydrogen (secondary N) is 1. The van der Waals surface area contributed by atoms with Gasteiger partial charge in [0, 0.05) is 12.6 Å². The Labute approximate surface area is 121 Å². The molecule has 0 bridgehead atoms. The number of nitrogens with zero attached hydrogens (tertiary/aromatic N) is 2. The molecule has 0 aliphatic rings. The van der Waals surface area contributed by atoms with Crippen LogP contribution in [0.2, 0.25) is 5.02 Å². The van der Waals surface area contributed by atoms with Gasteiger partial charge in [0.2, 0.25) is 0 Å². The van der Waals surface area contributed by atoms with Gasteiger partial charge in [-0.1, -0.05) is 11.6 Å². The van der Waals surface area contributed by atoms with Gasteiger partial charge in [0.15, 0.2) is 0 Å². The molecule has 1 aromatic carbocycles. The quantitative estimate of drug-likeness (QED) is 0.946. The van der Waals surface area contributed by atoms with E-state index in [0.717, 1.165) is 12.1 Å². The summed E-state index contributed by atoms with van der Waals surface area (Å²) in [5, 5.41) is 4.07. The number of hydrogen-bond acceptors (Lipinski definition) is 3. The molecule has 0 saturated carbocycles. The molecule has 8 heteroatoms. The SMILES string of the molecule is Cc1nn(C)c(NS(=O)(=O)c2cc(F)ccc2Cl)c1C. The Balaban J connectivity index is 2.49. The Kier molecular flexibility index (Phi) is 3.75. The van der Waals surface area contributed by atoms with Crippen LogP contribution in [0.5, 0.6) is 0 Å². The van der Waals surface area contributed by atoms with Crippen molar-refractivity contribution in [2.24, 2.45) is 7.05 Å². The molecule has 1 aromatic heterocycles. The number of aryl methyl sites for hydroxylation is 2. The molecule has 0 unspecified atom stereocenters. The highest BCUT2D eigenvalue weighted by molar-refractivity contribution is 7.92. The van der Waals surface area contributed by atoms with Crippen molar-refractivity contribution < 1.29 is 12.8 Å². The number of benzene rings is 1. The molecular weight excluding hydrogens is 305 g/mol. The van der Waals surface area contributed by atoms with Crippen molar-refractivity contribution in [3.8, 4) is 0 Å². The Morgan fingerprint density at radius 1 is 1.35 bits per heavy atom. The summed E-state index contributed by atoms with van der Waals surface area (Å²) in [6, 6.07) is 3.18. The van der Waals surface area contributed by atoms with E-state index in [1.165, 1.54) is 10.7 Å². The second-order valence-corrected chi connectivity index (χ2v) is 6.42. The van der Waals surface area contributed by atoms with Crippen LogP contribution in [-0.4, -0.2) is 18.2 Å². The number of sulfonamides is 1. The summed E-state index contributed by atoms with van der Waals surface area (Å²) in [5.74, 6) is -0.351. The third-order valence-corrected chi connectivity index (χ3v) is 4.76. The molecule has 1 heterocycles. The molecule has 5 nitrogen and oxygen atoms in total. The van der Waals surface area contributed by atoms with E-state index < -0.39 is 15.8 Å². The van der Waals surface area contributed by atoms with Gasteiger partial charge in [0.25, 0.3) is 10.0 Å². The number of hydrogen-bond donors (Lipinski definition) is 1. The Bertz CT molecular complexity index is 771. The first-order chi connectivity index (χ1) is 9.22. The minimum absolute atomic E-state index is 0.0459. The van der Waals surface area contributed by atoms with Crippen LogP contribution in [-0.2, 0) is 17.1 Å². The van der Waals surface area contributed by atoms with E-state index in [4.69, 9.17) is 11.6 Å². The molecule has 108 valence electrons. The fourth-order valence-corrected chi connectivity index (χ4v) is 3.44. The van der Waals surface area contributed by atoms with Crippen LogP contribution in [0.3, 0.4) is 0 Å². The van der Waals surface area contributed by atoms with Crippen LogP contribution in [0, 0.1) is 19.7 Å². The maximum Gasteiger partial charge on any atom is 0.264 e. The molecule has 0 amide bonds. The third-order valence-electron chi connectivity index (χ3n) is 2.94. The van der Waals surface area contributed by atoms with Gasteiger partial charge < -0.3 is 0 Å². The highest BCUT2D eigenvalue weighted by Gasteiger charge is 2.22. The zero-order chi connectivity index (χ0) is 15.1. The summed E-state index contributed by atoms with van der Waals surface area (Å²) in [7, 11) is -2.36. The van der Waals surface area contributed by atoms with Crippen molar-refractivity contribution in [2.75, 3.05) is 4.72 Å². The standard InChI is InChI=1S/C12H13ClFN3O2S/c1-7-8(2)15-17(3)12(7)16-20(18,19)11-6-9(14)4-5-10(11)13/h4-6,16H,1-3H3. The Morgan fingerprint density at radius 3 is 2.55 bits per heavy atom. The fraction of sp³-hybridized carbons (Fsp3) is 0.250. The van der Waals surface area contributed by atoms with Crippen molar-refractivity contribution in [1.29, 1.82) is 0 Å². The summed E-state index contributed by atoms with van der Waals surface area (Å²) in [6.45, 7) is 3.51. The van der Waals surface area contributed by atoms with E-state index in [1.807, 2.05) is 0 Å². The normalized spacial score (nSPS) is 11.7. The fourth-order valence-electron chi connectivity index (χ4n) is 1.77. The number of aromatic nitrogens is 2. The maximum absolute atomic E-state index is 13.2. The molecule has 0 spiro atoms. The molecular formula is C12H13ClFN3O2S. The molecule has 0 atom stereocenters. The van der Waals surface area contributed by atoms with E-state index in [1.54, 1.807) is 20.9 Å². The van der Waals surface area contributed by atoms with Crippen molar-refractivity contribution >= 4 is 27.4 Å². The zero-order valence-electron chi connectivity index (χ0n) is 11.1. The molecule has 20 heavy (non-hydrogen) atoms. The van der Waals surface area contributed by atoms with E-state index in [9.17, 15) is 12.8 Å². The zero-order valence-corrected chi connectivity index (χ0v) is 12.7. The molecule has 0 aliphatic carbocycles. The number of halogens is 2. The van der Waals surface area contributed by atoms with Crippen LogP contribution in [0.1, 0.15) is 11.3 Å². The van der Waals surface area contributed by atoms with Crippen molar-refractivity contribution in [1.82, 2.24) is 9.78 Å². The smallest absolute Gasteiger partial charge is 0.263 e. The minimum Gasteiger partial charge on any atom is -0.263 e. The highest BCUT2D eigenvalue weighted by Crippen LogP contribution is 2.26. The van der Waals surface area contributed by atoms with Crippen LogP contribution in [0.25, 0.3) is 0 Å². The molecule has 0 radical (unpaired) electrons. The van der Waals surface area contributed by atoms with Crippen molar-refractivity contribution in [3.05, 3.63) is 40.3 Å². The summed E-state index contributed by atoms with van der Waals surface area (Å²) in [5.41, 5.74) is 1.40. The summed E-state index contributed by atoms with van der Waals surface area (Å²) >= 11 is 5.82. The van der Waals surface area contributed by atoms with Gasteiger partial charge in [0.05, 0.1) is 10.7 Å². The lowest BCUT2D eigenvalue weighted by Crippen LogP contribution is -2.16. The van der Waals surface area contributed by atoms with E-state index in [-0.39, 0.29) is 9.92 Å². The van der Waals surface area contributed by atoms with Gasteiger partial charge in [0.1, 0.15) is 16.5 Å². The molecule has 0 fully saturated rings. The van der Waals surface area contributed by atoms with E-state index in [2.05, 4.69) is 9.82 Å². The van der Waals surface area contributed by atoms with Crippen LogP contribution in [0.4, 0.5) is 10.2 Å². The monoisotopic (exact) mass is 317 g/mol. The summed E-state index contributed by atoms with van der Waals surface area (Å²) < 4.78 is 41.6. The largest absolute Gasteiger partial charge is 0.264 e. The second kappa shape index (κ2) is 5.06. The van der Waals surface area contributed by atoms with Crippen LogP contribution in [0.15, 0.2) is 23.1 Å². The Hall–Kier alpha value is -1.60. The van der Waals surface area contributed by atoms with Crippen molar-refractivity contribution in [3.63, 3.8) is 0 Å². The lowest BCUT2D eigenvalue weighted by Gasteiger charge is -2.10. The molecule has 2 aromatic rings. The molecule has 1 N–H and O–H groups in total. The van der Waals surface area contributed by atoms with Gasteiger partial charge in [-0.2, -0.15) is 5.10 Å². The number of rotatable bonds is 3. The highest BCUT2D eigenvalue weighted by atomic mass is 35.5. The first kappa shape index (κ1) is 14.8. The first-order valence-electron chi connectivity index (χ1n) is 5.70. The van der Waals surface area contributed by atoms with Crippen LogP contribution < -0.4 is 4.72 Å². The first-order valence-corrected chi connectivity index (χ1v) is 7.56. The predicted molar refractivity (Wildman–Crippen MR) is 74.9 cm³/mol. The lowest BCUT2D eigenvalue weighted by molar-refractivity contribution is 0.594. The van der Waals surface area contributed by atoms with Gasteiger partial charge in [-0.25, -0.2) is 12.8 Å². The average Bonchev–Trinajstić information content (AvgIpc) is 2.59. The molecule has 0 saturated heterocycles. The van der Waals surface area contributed by atoms with Gasteiger partial charge in [-0.05, 0) is 32.0 Å². The minimum atomic E-state index is -3.98. The second-order valence-electron chi connectivity index (χ2n) is 4.36. The summed E-state index contributed by atoms with van der Waals surface area (Å²) in [4.78, 5) is -0.308. The molecule has 2 rings (SSSR count). The van der Waals surface area contributed by atoms with Crippen LogP contribution >= 0.6 is 11.6 Å². The maximum atomic E-state index is 13.2. The van der Waals surface area contributed by atoms with E-state index in [0.29, 0.717) is 17.1 Å². The van der Waals surface area contributed by atoms with Gasteiger partial charge in [-0.15, -0.1) is 0 Å². The Morgan fingerprint density at radius 2 is 2.00 bits per heavy atom. The lowest BCUT2D eigenvalue weighted by atomic mass is 10.3. The van der Waals surface area contributed by atoms with Crippen molar-refractivity contribution in [2.45, 2.75) is 18.7 Å². The van der Waals surface area contributed by atoms with Gasteiger partial charge >= 0.3 is 0 Å².